The molecule has 15 heavy (non-hydrogen) atoms. The largest absolute Gasteiger partial charge is 0.385 e. The van der Waals surface area contributed by atoms with Crippen LogP contribution in [0.3, 0.4) is 0 Å². The Morgan fingerprint density at radius 1 is 1.60 bits per heavy atom. The first-order chi connectivity index (χ1) is 7.11. The number of aromatic nitrogens is 1. The Morgan fingerprint density at radius 2 is 2.40 bits per heavy atom. The van der Waals surface area contributed by atoms with Crippen LogP contribution in [0.4, 0.5) is 0 Å². The van der Waals surface area contributed by atoms with E-state index in [2.05, 4.69) is 4.98 Å². The number of hydrogen-bond donors (Lipinski definition) is 2. The molecule has 3 unspecified atom stereocenters. The average molecular weight is 243 g/mol. The number of rotatable bonds is 2. The van der Waals surface area contributed by atoms with E-state index in [0.717, 1.165) is 0 Å². The Bertz CT molecular complexity index is 386. The van der Waals surface area contributed by atoms with E-state index >= 15 is 0 Å². The molecule has 3 nitrogen and oxygen atoms in total. The molecule has 0 saturated carbocycles. The normalized spacial score (nSPS) is 31.8. The molecule has 0 radical (unpaired) electrons. The summed E-state index contributed by atoms with van der Waals surface area (Å²) in [6.45, 7) is 0. The zero-order valence-corrected chi connectivity index (χ0v) is 9.45. The number of alkyl halides is 1. The van der Waals surface area contributed by atoms with E-state index < -0.39 is 11.1 Å². The molecule has 1 heterocycles. The first-order valence-corrected chi connectivity index (χ1v) is 5.78. The van der Waals surface area contributed by atoms with E-state index in [-0.39, 0.29) is 5.92 Å². The van der Waals surface area contributed by atoms with Gasteiger partial charge in [-0.1, -0.05) is 29.8 Å². The van der Waals surface area contributed by atoms with E-state index in [1.54, 1.807) is 24.4 Å². The third kappa shape index (κ3) is 2.13. The second kappa shape index (κ2) is 4.06. The van der Waals surface area contributed by atoms with Crippen molar-refractivity contribution in [2.24, 2.45) is 11.7 Å². The van der Waals surface area contributed by atoms with Crippen molar-refractivity contribution in [1.82, 2.24) is 4.98 Å². The zero-order valence-electron chi connectivity index (χ0n) is 7.88. The van der Waals surface area contributed by atoms with Crippen LogP contribution in [-0.2, 0) is 0 Å². The van der Waals surface area contributed by atoms with Crippen LogP contribution in [0.25, 0.3) is 0 Å². The Morgan fingerprint density at radius 3 is 3.00 bits per heavy atom. The van der Waals surface area contributed by atoms with Gasteiger partial charge in [0, 0.05) is 17.5 Å². The molecular formula is C10H11ClN2OS. The number of hydrogen-bond acceptors (Lipinski definition) is 4. The van der Waals surface area contributed by atoms with Crippen LogP contribution >= 0.6 is 22.9 Å². The highest BCUT2D eigenvalue weighted by Gasteiger charge is 2.36. The molecule has 3 atom stereocenters. The summed E-state index contributed by atoms with van der Waals surface area (Å²) in [5.41, 5.74) is 5.87. The lowest BCUT2D eigenvalue weighted by Crippen LogP contribution is -2.42. The van der Waals surface area contributed by atoms with Crippen LogP contribution in [0.5, 0.6) is 0 Å². The number of allylic oxidation sites excluding steroid dienone is 2. The minimum atomic E-state index is -1.04. The molecule has 1 aromatic rings. The first-order valence-electron chi connectivity index (χ1n) is 4.52. The second-order valence-electron chi connectivity index (χ2n) is 3.41. The Balaban J connectivity index is 2.24. The molecule has 3 N–H and O–H groups in total. The maximum atomic E-state index is 10.1. The van der Waals surface area contributed by atoms with E-state index in [1.807, 2.05) is 11.5 Å². The lowest BCUT2D eigenvalue weighted by atomic mass is 9.90. The molecule has 0 saturated heterocycles. The Labute approximate surface area is 96.9 Å². The Hall–Kier alpha value is -0.680. The summed E-state index contributed by atoms with van der Waals surface area (Å²) >= 11 is 7.50. The van der Waals surface area contributed by atoms with Gasteiger partial charge in [-0.2, -0.15) is 0 Å². The highest BCUT2D eigenvalue weighted by molar-refractivity contribution is 7.09. The molecule has 0 aromatic carbocycles. The number of thiazole rings is 1. The predicted molar refractivity (Wildman–Crippen MR) is 61.6 cm³/mol. The van der Waals surface area contributed by atoms with Gasteiger partial charge < -0.3 is 10.8 Å². The molecule has 0 aliphatic heterocycles. The number of aliphatic hydroxyl groups is 1. The SMILES string of the molecule is NC1(Cl)C=CC=CC1C(O)c1nccs1. The van der Waals surface area contributed by atoms with E-state index in [1.165, 1.54) is 11.3 Å². The lowest BCUT2D eigenvalue weighted by Gasteiger charge is -2.31. The molecule has 0 spiro atoms. The average Bonchev–Trinajstić information content (AvgIpc) is 2.69. The van der Waals surface area contributed by atoms with Gasteiger partial charge in [0.25, 0.3) is 0 Å². The molecule has 5 heteroatoms. The summed E-state index contributed by atoms with van der Waals surface area (Å²) in [4.78, 5) is 3.01. The van der Waals surface area contributed by atoms with Crippen molar-refractivity contribution in [3.63, 3.8) is 0 Å². The van der Waals surface area contributed by atoms with E-state index in [4.69, 9.17) is 17.3 Å². The standard InChI is InChI=1S/C10H11ClN2OS/c11-10(12)4-2-1-3-7(10)8(14)9-13-5-6-15-9/h1-8,14H,12H2. The maximum absolute atomic E-state index is 10.1. The minimum absolute atomic E-state index is 0.352. The van der Waals surface area contributed by atoms with Crippen molar-refractivity contribution in [1.29, 1.82) is 0 Å². The van der Waals surface area contributed by atoms with Crippen molar-refractivity contribution in [3.8, 4) is 0 Å². The van der Waals surface area contributed by atoms with Gasteiger partial charge in [0.15, 0.2) is 0 Å². The van der Waals surface area contributed by atoms with Gasteiger partial charge in [0.2, 0.25) is 0 Å². The number of nitrogens with two attached hydrogens (primary N) is 1. The highest BCUT2D eigenvalue weighted by Crippen LogP contribution is 2.36. The molecule has 1 aromatic heterocycles. The van der Waals surface area contributed by atoms with Crippen molar-refractivity contribution in [2.75, 3.05) is 0 Å². The molecular weight excluding hydrogens is 232 g/mol. The molecule has 1 aliphatic carbocycles. The monoisotopic (exact) mass is 242 g/mol. The third-order valence-electron chi connectivity index (χ3n) is 2.34. The van der Waals surface area contributed by atoms with Crippen LogP contribution in [0.1, 0.15) is 11.1 Å². The van der Waals surface area contributed by atoms with Crippen LogP contribution in [0, 0.1) is 5.92 Å². The molecule has 0 fully saturated rings. The molecule has 0 bridgehead atoms. The first kappa shape index (κ1) is 10.8. The van der Waals surface area contributed by atoms with Crippen molar-refractivity contribution < 1.29 is 5.11 Å². The maximum Gasteiger partial charge on any atom is 0.122 e. The molecule has 0 amide bonds. The summed E-state index contributed by atoms with van der Waals surface area (Å²) in [7, 11) is 0. The molecule has 2 rings (SSSR count). The predicted octanol–water partition coefficient (Wildman–Crippen LogP) is 1.81. The fourth-order valence-electron chi connectivity index (χ4n) is 1.53. The number of nitrogens with zero attached hydrogens (tertiary/aromatic N) is 1. The zero-order chi connectivity index (χ0) is 10.9. The van der Waals surface area contributed by atoms with Gasteiger partial charge in [0.1, 0.15) is 16.1 Å². The van der Waals surface area contributed by atoms with Gasteiger partial charge in [-0.25, -0.2) is 4.98 Å². The number of aliphatic hydroxyl groups excluding tert-OH is 1. The lowest BCUT2D eigenvalue weighted by molar-refractivity contribution is 0.117. The highest BCUT2D eigenvalue weighted by atomic mass is 35.5. The summed E-state index contributed by atoms with van der Waals surface area (Å²) in [5, 5.41) is 12.5. The topological polar surface area (TPSA) is 59.1 Å². The van der Waals surface area contributed by atoms with Gasteiger partial charge in [0.05, 0.1) is 0 Å². The fraction of sp³-hybridized carbons (Fsp3) is 0.300. The Kier molecular flexibility index (Phi) is 2.93. The smallest absolute Gasteiger partial charge is 0.122 e. The van der Waals surface area contributed by atoms with E-state index in [0.29, 0.717) is 5.01 Å². The fourth-order valence-corrected chi connectivity index (χ4v) is 2.46. The van der Waals surface area contributed by atoms with Crippen molar-refractivity contribution in [2.45, 2.75) is 11.1 Å². The minimum Gasteiger partial charge on any atom is -0.385 e. The summed E-state index contributed by atoms with van der Waals surface area (Å²) in [6, 6.07) is 0. The summed E-state index contributed by atoms with van der Waals surface area (Å²) < 4.78 is 0. The molecule has 80 valence electrons. The number of halogens is 1. The van der Waals surface area contributed by atoms with Gasteiger partial charge >= 0.3 is 0 Å². The van der Waals surface area contributed by atoms with Crippen LogP contribution in [-0.4, -0.2) is 15.1 Å². The molecule has 1 aliphatic rings. The van der Waals surface area contributed by atoms with Crippen molar-refractivity contribution in [3.05, 3.63) is 40.9 Å². The van der Waals surface area contributed by atoms with Gasteiger partial charge in [-0.3, -0.25) is 0 Å². The van der Waals surface area contributed by atoms with Gasteiger partial charge in [-0.15, -0.1) is 11.3 Å². The second-order valence-corrected chi connectivity index (χ2v) is 4.99. The third-order valence-corrected chi connectivity index (χ3v) is 3.56. The summed E-state index contributed by atoms with van der Waals surface area (Å²) in [6.07, 6.45) is 7.98. The van der Waals surface area contributed by atoms with E-state index in [9.17, 15) is 5.11 Å². The van der Waals surface area contributed by atoms with Gasteiger partial charge in [-0.05, 0) is 6.08 Å². The van der Waals surface area contributed by atoms with Crippen LogP contribution in [0.2, 0.25) is 0 Å². The quantitative estimate of drug-likeness (QED) is 0.614. The van der Waals surface area contributed by atoms with Crippen LogP contribution < -0.4 is 5.73 Å². The van der Waals surface area contributed by atoms with Crippen molar-refractivity contribution >= 4 is 22.9 Å². The summed E-state index contributed by atoms with van der Waals surface area (Å²) in [5.74, 6) is -0.352. The van der Waals surface area contributed by atoms with Crippen LogP contribution in [0.15, 0.2) is 35.9 Å².